The van der Waals surface area contributed by atoms with Crippen LogP contribution < -0.4 is 10.2 Å². The van der Waals surface area contributed by atoms with Crippen molar-refractivity contribution in [1.82, 2.24) is 14.9 Å². The first-order valence-corrected chi connectivity index (χ1v) is 12.1. The van der Waals surface area contributed by atoms with E-state index in [1.165, 1.54) is 0 Å². The summed E-state index contributed by atoms with van der Waals surface area (Å²) < 4.78 is 1.98. The summed E-state index contributed by atoms with van der Waals surface area (Å²) in [5.41, 5.74) is 4.77. The van der Waals surface area contributed by atoms with E-state index < -0.39 is 0 Å². The molecule has 0 fully saturated rings. The minimum Gasteiger partial charge on any atom is -0.355 e. The second-order valence-corrected chi connectivity index (χ2v) is 9.00. The zero-order chi connectivity index (χ0) is 24.8. The lowest BCUT2D eigenvalue weighted by Crippen LogP contribution is -2.39. The molecule has 0 atom stereocenters. The minimum atomic E-state index is -0.0203. The summed E-state index contributed by atoms with van der Waals surface area (Å²) in [5.74, 6) is 0.764. The van der Waals surface area contributed by atoms with Gasteiger partial charge in [0, 0.05) is 24.7 Å². The number of nitrogens with zero attached hydrogens (tertiary/aromatic N) is 3. The number of nitrogens with one attached hydrogen (secondary N) is 1. The van der Waals surface area contributed by atoms with E-state index in [1.807, 2.05) is 109 Å². The predicted octanol–water partition coefficient (Wildman–Crippen LogP) is 4.69. The predicted molar refractivity (Wildman–Crippen MR) is 140 cm³/mol. The number of rotatable bonds is 9. The Kier molecular flexibility index (Phi) is 7.60. The highest BCUT2D eigenvalue weighted by Gasteiger charge is 2.22. The van der Waals surface area contributed by atoms with Gasteiger partial charge in [-0.15, -0.1) is 0 Å². The van der Waals surface area contributed by atoms with Gasteiger partial charge in [-0.25, -0.2) is 4.98 Å². The van der Waals surface area contributed by atoms with Crippen molar-refractivity contribution in [2.75, 3.05) is 11.4 Å². The number of aryl methyl sites for hydroxylation is 1. The fourth-order valence-corrected chi connectivity index (χ4v) is 4.38. The average molecular weight is 469 g/mol. The van der Waals surface area contributed by atoms with Gasteiger partial charge in [-0.2, -0.15) is 0 Å². The summed E-state index contributed by atoms with van der Waals surface area (Å²) in [6, 6.07) is 25.5. The summed E-state index contributed by atoms with van der Waals surface area (Å²) in [6.07, 6.45) is 0.885. The van der Waals surface area contributed by atoms with Crippen molar-refractivity contribution in [1.29, 1.82) is 0 Å². The van der Waals surface area contributed by atoms with Gasteiger partial charge in [0.05, 0.1) is 17.5 Å². The molecule has 6 heteroatoms. The largest absolute Gasteiger partial charge is 0.355 e. The second-order valence-electron chi connectivity index (χ2n) is 9.00. The van der Waals surface area contributed by atoms with Crippen LogP contribution in [0.5, 0.6) is 0 Å². The lowest BCUT2D eigenvalue weighted by molar-refractivity contribution is -0.121. The molecule has 3 aromatic carbocycles. The summed E-state index contributed by atoms with van der Waals surface area (Å²) in [7, 11) is 0. The number of para-hydroxylation sites is 3. The third-order valence-electron chi connectivity index (χ3n) is 6.13. The molecule has 1 N–H and O–H groups in total. The van der Waals surface area contributed by atoms with Gasteiger partial charge in [-0.05, 0) is 56.2 Å². The lowest BCUT2D eigenvalue weighted by atomic mass is 10.1. The van der Waals surface area contributed by atoms with Crippen molar-refractivity contribution < 1.29 is 9.59 Å². The number of fused-ring (bicyclic) bond motifs is 1. The van der Waals surface area contributed by atoms with E-state index in [-0.39, 0.29) is 24.4 Å². The molecule has 180 valence electrons. The summed E-state index contributed by atoms with van der Waals surface area (Å²) >= 11 is 0. The highest BCUT2D eigenvalue weighted by atomic mass is 16.2. The Morgan fingerprint density at radius 1 is 0.943 bits per heavy atom. The molecule has 2 amide bonds. The van der Waals surface area contributed by atoms with Crippen LogP contribution in [-0.2, 0) is 29.0 Å². The third kappa shape index (κ3) is 5.77. The van der Waals surface area contributed by atoms with Gasteiger partial charge in [-0.1, -0.05) is 54.6 Å². The molecule has 4 rings (SSSR count). The highest BCUT2D eigenvalue weighted by Crippen LogP contribution is 2.21. The number of anilines is 1. The van der Waals surface area contributed by atoms with Crippen LogP contribution >= 0.6 is 0 Å². The van der Waals surface area contributed by atoms with Crippen LogP contribution in [0.2, 0.25) is 0 Å². The Morgan fingerprint density at radius 2 is 1.63 bits per heavy atom. The maximum atomic E-state index is 13.5. The number of hydrogen-bond acceptors (Lipinski definition) is 3. The van der Waals surface area contributed by atoms with Crippen LogP contribution in [0.25, 0.3) is 11.0 Å². The van der Waals surface area contributed by atoms with E-state index in [4.69, 9.17) is 4.98 Å². The molecule has 0 saturated carbocycles. The summed E-state index contributed by atoms with van der Waals surface area (Å²) in [6.45, 7) is 6.68. The van der Waals surface area contributed by atoms with E-state index in [0.717, 1.165) is 33.7 Å². The molecular weight excluding hydrogens is 436 g/mol. The Labute approximate surface area is 206 Å². The van der Waals surface area contributed by atoms with Crippen LogP contribution in [0.3, 0.4) is 0 Å². The normalized spacial score (nSPS) is 11.1. The van der Waals surface area contributed by atoms with Crippen molar-refractivity contribution in [3.63, 3.8) is 0 Å². The van der Waals surface area contributed by atoms with Gasteiger partial charge in [-0.3, -0.25) is 9.59 Å². The van der Waals surface area contributed by atoms with Gasteiger partial charge >= 0.3 is 0 Å². The number of aromatic nitrogens is 2. The number of carbonyl (C=O) groups excluding carboxylic acids is 2. The van der Waals surface area contributed by atoms with Crippen LogP contribution in [0, 0.1) is 6.92 Å². The minimum absolute atomic E-state index is 0.000749. The molecule has 1 heterocycles. The van der Waals surface area contributed by atoms with Crippen LogP contribution in [0.15, 0.2) is 78.9 Å². The lowest BCUT2D eigenvalue weighted by Gasteiger charge is -2.27. The van der Waals surface area contributed by atoms with Gasteiger partial charge < -0.3 is 14.8 Å². The Morgan fingerprint density at radius 3 is 2.37 bits per heavy atom. The van der Waals surface area contributed by atoms with Gasteiger partial charge in [0.15, 0.2) is 0 Å². The van der Waals surface area contributed by atoms with E-state index in [2.05, 4.69) is 5.32 Å². The van der Waals surface area contributed by atoms with Crippen molar-refractivity contribution >= 4 is 28.5 Å². The number of hydrogen-bond donors (Lipinski definition) is 1. The Hall–Kier alpha value is -3.93. The molecule has 1 aromatic heterocycles. The molecule has 0 spiro atoms. The van der Waals surface area contributed by atoms with Crippen LogP contribution in [0.1, 0.15) is 30.8 Å². The average Bonchev–Trinajstić information content (AvgIpc) is 3.18. The maximum absolute atomic E-state index is 13.5. The van der Waals surface area contributed by atoms with Gasteiger partial charge in [0.2, 0.25) is 11.8 Å². The van der Waals surface area contributed by atoms with E-state index >= 15 is 0 Å². The Bertz CT molecular complexity index is 1310. The van der Waals surface area contributed by atoms with Crippen molar-refractivity contribution in [3.05, 3.63) is 95.8 Å². The number of carbonyl (C=O) groups is 2. The first kappa shape index (κ1) is 24.2. The smallest absolute Gasteiger partial charge is 0.247 e. The molecular formula is C29H32N4O2. The second kappa shape index (κ2) is 11.0. The van der Waals surface area contributed by atoms with Crippen molar-refractivity contribution in [2.45, 2.75) is 46.2 Å². The summed E-state index contributed by atoms with van der Waals surface area (Å²) in [4.78, 5) is 32.6. The molecule has 0 bridgehead atoms. The van der Waals surface area contributed by atoms with Crippen molar-refractivity contribution in [3.8, 4) is 0 Å². The van der Waals surface area contributed by atoms with Crippen LogP contribution in [-0.4, -0.2) is 34.0 Å². The third-order valence-corrected chi connectivity index (χ3v) is 6.13. The fourth-order valence-electron chi connectivity index (χ4n) is 4.38. The number of amides is 2. The monoisotopic (exact) mass is 468 g/mol. The van der Waals surface area contributed by atoms with Crippen molar-refractivity contribution in [2.24, 2.45) is 0 Å². The molecule has 0 radical (unpaired) electrons. The standard InChI is InChI=1S/C29H32N4O2/c1-21(2)33(24-13-5-4-6-14-24)29(35)20-32-26-16-10-9-15-25(26)31-27(32)17-18-30-28(34)19-23-12-8-7-11-22(23)3/h4-16,21H,17-20H2,1-3H3,(H,30,34). The van der Waals surface area contributed by atoms with E-state index in [0.29, 0.717) is 19.4 Å². The first-order chi connectivity index (χ1) is 16.9. The van der Waals surface area contributed by atoms with Gasteiger partial charge in [0.25, 0.3) is 0 Å². The number of benzene rings is 3. The topological polar surface area (TPSA) is 67.2 Å². The molecule has 4 aromatic rings. The molecule has 0 saturated heterocycles. The fraction of sp³-hybridized carbons (Fsp3) is 0.276. The van der Waals surface area contributed by atoms with Crippen LogP contribution in [0.4, 0.5) is 5.69 Å². The number of imidazole rings is 1. The molecule has 0 aliphatic carbocycles. The SMILES string of the molecule is Cc1ccccc1CC(=O)NCCc1nc2ccccc2n1CC(=O)N(c1ccccc1)C(C)C. The maximum Gasteiger partial charge on any atom is 0.247 e. The highest BCUT2D eigenvalue weighted by molar-refractivity contribution is 5.94. The van der Waals surface area contributed by atoms with E-state index in [9.17, 15) is 9.59 Å². The zero-order valence-electron chi connectivity index (χ0n) is 20.6. The summed E-state index contributed by atoms with van der Waals surface area (Å²) in [5, 5.41) is 3.01. The first-order valence-electron chi connectivity index (χ1n) is 12.1. The van der Waals surface area contributed by atoms with E-state index in [1.54, 1.807) is 0 Å². The van der Waals surface area contributed by atoms with Gasteiger partial charge in [0.1, 0.15) is 12.4 Å². The Balaban J connectivity index is 1.49. The molecule has 0 unspecified atom stereocenters. The zero-order valence-corrected chi connectivity index (χ0v) is 20.6. The molecule has 6 nitrogen and oxygen atoms in total. The molecule has 0 aliphatic heterocycles. The molecule has 0 aliphatic rings. The molecule has 35 heavy (non-hydrogen) atoms. The quantitative estimate of drug-likeness (QED) is 0.388.